The quantitative estimate of drug-likeness (QED) is 0.762. The van der Waals surface area contributed by atoms with Crippen LogP contribution in [0.3, 0.4) is 0 Å². The number of nitrogens with one attached hydrogen (secondary N) is 1. The minimum Gasteiger partial charge on any atom is -0.392 e. The fourth-order valence-electron chi connectivity index (χ4n) is 1.41. The first-order valence-electron chi connectivity index (χ1n) is 5.46. The zero-order valence-corrected chi connectivity index (χ0v) is 12.5. The molecule has 1 rings (SSSR count). The smallest absolute Gasteiger partial charge is 0.260 e. The van der Waals surface area contributed by atoms with Crippen molar-refractivity contribution in [1.82, 2.24) is 14.3 Å². The second-order valence-corrected chi connectivity index (χ2v) is 6.61. The fraction of sp³-hybridized carbons (Fsp3) is 0.600. The van der Waals surface area contributed by atoms with Gasteiger partial charge in [0, 0.05) is 13.2 Å². The van der Waals surface area contributed by atoms with Crippen LogP contribution in [0.2, 0.25) is 0 Å². The summed E-state index contributed by atoms with van der Waals surface area (Å²) < 4.78 is 28.3. The van der Waals surface area contributed by atoms with E-state index in [-0.39, 0.29) is 15.9 Å². The molecule has 0 aliphatic rings. The molecule has 1 aromatic rings. The summed E-state index contributed by atoms with van der Waals surface area (Å²) in [4.78, 5) is 4.11. The third-order valence-corrected chi connectivity index (χ3v) is 4.18. The van der Waals surface area contributed by atoms with Gasteiger partial charge in [-0.2, -0.15) is 4.72 Å². The van der Waals surface area contributed by atoms with E-state index in [1.165, 1.54) is 6.20 Å². The topological polar surface area (TPSA) is 90.0 Å². The van der Waals surface area contributed by atoms with Gasteiger partial charge in [0.2, 0.25) is 0 Å². The van der Waals surface area contributed by atoms with Gasteiger partial charge < -0.3 is 10.3 Å². The van der Waals surface area contributed by atoms with E-state index in [1.54, 1.807) is 18.5 Å². The molecule has 8 heteroatoms. The van der Waals surface area contributed by atoms with E-state index in [1.807, 2.05) is 13.8 Å². The number of thiocarbonyl (C=S) groups is 1. The number of sulfonamides is 1. The molecule has 0 bridgehead atoms. The Balaban J connectivity index is 3.04. The highest BCUT2D eigenvalue weighted by Gasteiger charge is 2.26. The molecule has 1 atom stereocenters. The van der Waals surface area contributed by atoms with Crippen LogP contribution >= 0.6 is 12.2 Å². The fourth-order valence-corrected chi connectivity index (χ4v) is 3.22. The summed E-state index contributed by atoms with van der Waals surface area (Å²) in [5.74, 6) is 0.592. The van der Waals surface area contributed by atoms with Gasteiger partial charge in [-0.25, -0.2) is 13.4 Å². The molecule has 0 fully saturated rings. The molecule has 1 unspecified atom stereocenters. The SMILES string of the molecule is Cc1nc(S(=O)(=O)NC(C(N)=S)C(C)C)cn1C. The van der Waals surface area contributed by atoms with Crippen LogP contribution in [0.5, 0.6) is 0 Å². The number of imidazole rings is 1. The van der Waals surface area contributed by atoms with E-state index in [9.17, 15) is 8.42 Å². The number of aryl methyl sites for hydroxylation is 2. The van der Waals surface area contributed by atoms with Gasteiger partial charge in [0.15, 0.2) is 5.03 Å². The first kappa shape index (κ1) is 15.1. The molecule has 1 heterocycles. The Hall–Kier alpha value is -0.990. The van der Waals surface area contributed by atoms with Gasteiger partial charge in [0.25, 0.3) is 10.0 Å². The number of nitrogens with zero attached hydrogens (tertiary/aromatic N) is 2. The van der Waals surface area contributed by atoms with Crippen LogP contribution in [0.4, 0.5) is 0 Å². The lowest BCUT2D eigenvalue weighted by molar-refractivity contribution is 0.524. The molecule has 18 heavy (non-hydrogen) atoms. The minimum atomic E-state index is -3.70. The number of aromatic nitrogens is 2. The maximum Gasteiger partial charge on any atom is 0.260 e. The summed E-state index contributed by atoms with van der Waals surface area (Å²) in [5, 5.41) is -0.0237. The summed E-state index contributed by atoms with van der Waals surface area (Å²) in [6.07, 6.45) is 1.45. The Morgan fingerprint density at radius 2 is 2.11 bits per heavy atom. The predicted octanol–water partition coefficient (Wildman–Crippen LogP) is 0.318. The third-order valence-electron chi connectivity index (χ3n) is 2.62. The third kappa shape index (κ3) is 3.27. The summed E-state index contributed by atoms with van der Waals surface area (Å²) in [6.45, 7) is 5.42. The molecule has 0 spiro atoms. The van der Waals surface area contributed by atoms with E-state index in [2.05, 4.69) is 9.71 Å². The summed E-state index contributed by atoms with van der Waals surface area (Å²) >= 11 is 4.87. The van der Waals surface area contributed by atoms with Crippen molar-refractivity contribution < 1.29 is 8.42 Å². The molecule has 0 aromatic carbocycles. The van der Waals surface area contributed by atoms with Gasteiger partial charge in [-0.1, -0.05) is 26.1 Å². The van der Waals surface area contributed by atoms with E-state index < -0.39 is 16.1 Å². The zero-order valence-electron chi connectivity index (χ0n) is 10.8. The van der Waals surface area contributed by atoms with Crippen LogP contribution in [0, 0.1) is 12.8 Å². The van der Waals surface area contributed by atoms with Crippen molar-refractivity contribution in [1.29, 1.82) is 0 Å². The van der Waals surface area contributed by atoms with E-state index in [4.69, 9.17) is 18.0 Å². The van der Waals surface area contributed by atoms with Crippen molar-refractivity contribution in [2.75, 3.05) is 0 Å². The monoisotopic (exact) mass is 290 g/mol. The van der Waals surface area contributed by atoms with E-state index >= 15 is 0 Å². The number of rotatable bonds is 5. The molecular formula is C10H18N4O2S2. The Morgan fingerprint density at radius 3 is 2.44 bits per heavy atom. The highest BCUT2D eigenvalue weighted by Crippen LogP contribution is 2.11. The number of hydrogen-bond donors (Lipinski definition) is 2. The molecule has 0 aliphatic heterocycles. The van der Waals surface area contributed by atoms with Crippen LogP contribution < -0.4 is 10.5 Å². The van der Waals surface area contributed by atoms with Gasteiger partial charge in [-0.05, 0) is 12.8 Å². The van der Waals surface area contributed by atoms with Crippen molar-refractivity contribution in [3.8, 4) is 0 Å². The first-order chi connectivity index (χ1) is 8.15. The molecule has 0 aliphatic carbocycles. The Bertz CT molecular complexity index is 529. The van der Waals surface area contributed by atoms with Crippen molar-refractivity contribution in [2.24, 2.45) is 18.7 Å². The van der Waals surface area contributed by atoms with E-state index in [0.29, 0.717) is 5.82 Å². The molecule has 1 aromatic heterocycles. The lowest BCUT2D eigenvalue weighted by Gasteiger charge is -2.20. The maximum absolute atomic E-state index is 12.1. The molecule has 0 amide bonds. The van der Waals surface area contributed by atoms with Crippen LogP contribution in [0.1, 0.15) is 19.7 Å². The average Bonchev–Trinajstić information content (AvgIpc) is 2.56. The normalized spacial score (nSPS) is 13.8. The Morgan fingerprint density at radius 1 is 1.56 bits per heavy atom. The summed E-state index contributed by atoms with van der Waals surface area (Å²) in [5.41, 5.74) is 5.54. The highest BCUT2D eigenvalue weighted by molar-refractivity contribution is 7.89. The number of hydrogen-bond acceptors (Lipinski definition) is 4. The second-order valence-electron chi connectivity index (χ2n) is 4.48. The van der Waals surface area contributed by atoms with Crippen molar-refractivity contribution in [2.45, 2.75) is 31.8 Å². The maximum atomic E-state index is 12.1. The van der Waals surface area contributed by atoms with Crippen LogP contribution in [-0.2, 0) is 17.1 Å². The number of nitrogens with two attached hydrogens (primary N) is 1. The lowest BCUT2D eigenvalue weighted by Crippen LogP contribution is -2.46. The van der Waals surface area contributed by atoms with Gasteiger partial charge in [-0.3, -0.25) is 0 Å². The molecular weight excluding hydrogens is 272 g/mol. The average molecular weight is 290 g/mol. The van der Waals surface area contributed by atoms with Gasteiger partial charge >= 0.3 is 0 Å². The van der Waals surface area contributed by atoms with Crippen molar-refractivity contribution in [3.05, 3.63) is 12.0 Å². The van der Waals surface area contributed by atoms with Crippen molar-refractivity contribution in [3.63, 3.8) is 0 Å². The minimum absolute atomic E-state index is 0.0237. The molecule has 6 nitrogen and oxygen atoms in total. The lowest BCUT2D eigenvalue weighted by atomic mass is 10.1. The van der Waals surface area contributed by atoms with Crippen LogP contribution in [-0.4, -0.2) is 29.0 Å². The van der Waals surface area contributed by atoms with Gasteiger partial charge in [0.1, 0.15) is 5.82 Å². The van der Waals surface area contributed by atoms with E-state index in [0.717, 1.165) is 0 Å². The predicted molar refractivity (Wildman–Crippen MR) is 73.7 cm³/mol. The molecule has 102 valence electrons. The first-order valence-corrected chi connectivity index (χ1v) is 7.36. The van der Waals surface area contributed by atoms with Crippen molar-refractivity contribution >= 4 is 27.2 Å². The largest absolute Gasteiger partial charge is 0.392 e. The Labute approximate surface area is 113 Å². The zero-order chi connectivity index (χ0) is 14.1. The second kappa shape index (κ2) is 5.33. The van der Waals surface area contributed by atoms with Gasteiger partial charge in [-0.15, -0.1) is 0 Å². The Kier molecular flexibility index (Phi) is 4.46. The van der Waals surface area contributed by atoms with Crippen LogP contribution in [0.15, 0.2) is 11.2 Å². The van der Waals surface area contributed by atoms with Crippen LogP contribution in [0.25, 0.3) is 0 Å². The molecule has 3 N–H and O–H groups in total. The molecule has 0 saturated carbocycles. The van der Waals surface area contributed by atoms with Gasteiger partial charge in [0.05, 0.1) is 11.0 Å². The highest BCUT2D eigenvalue weighted by atomic mass is 32.2. The standard InChI is InChI=1S/C10H18N4O2S2/c1-6(2)9(10(11)17)13-18(15,16)8-5-14(4)7(3)12-8/h5-6,9,13H,1-4H3,(H2,11,17). The molecule has 0 radical (unpaired) electrons. The summed E-state index contributed by atoms with van der Waals surface area (Å²) in [7, 11) is -1.97. The summed E-state index contributed by atoms with van der Waals surface area (Å²) in [6, 6.07) is -0.577. The molecule has 0 saturated heterocycles.